The van der Waals surface area contributed by atoms with Crippen LogP contribution in [0.15, 0.2) is 96.5 Å². The van der Waals surface area contributed by atoms with Crippen LogP contribution in [0, 0.1) is 11.6 Å². The highest BCUT2D eigenvalue weighted by Gasteiger charge is 2.43. The summed E-state index contributed by atoms with van der Waals surface area (Å²) >= 11 is 12.3. The summed E-state index contributed by atoms with van der Waals surface area (Å²) in [7, 11) is 0. The fraction of sp³-hybridized carbons (Fsp3) is 0.417. The van der Waals surface area contributed by atoms with Crippen LogP contribution in [0.4, 0.5) is 26.3 Å². The average molecular weight is 1190 g/mol. The number of carbonyl (C=O) groups is 4. The number of aliphatic imine (C=N–C) groups is 2. The molecule has 408 valence electrons. The number of aliphatic carboxylic acids is 2. The highest BCUT2D eigenvalue weighted by molar-refractivity contribution is 9.10. The van der Waals surface area contributed by atoms with Gasteiger partial charge in [-0.2, -0.15) is 0 Å². The predicted octanol–water partition coefficient (Wildman–Crippen LogP) is 6.72. The molecule has 18 nitrogen and oxygen atoms in total. The highest BCUT2D eigenvalue weighted by Crippen LogP contribution is 2.39. The Kier molecular flexibility index (Phi) is 20.2. The Balaban J connectivity index is 0.000000221. The van der Waals surface area contributed by atoms with Crippen molar-refractivity contribution in [3.63, 3.8) is 0 Å². The Morgan fingerprint density at radius 3 is 1.46 bits per heavy atom. The quantitative estimate of drug-likeness (QED) is 0.0599. The number of likely N-dealkylation sites (tertiary alicyclic amines) is 2. The number of halogens is 8. The maximum atomic E-state index is 14.9. The van der Waals surface area contributed by atoms with Gasteiger partial charge in [0.1, 0.15) is 73.8 Å². The number of rotatable bonds is 18. The number of benzene rings is 2. The number of alkyl halides is 4. The standard InChI is InChI=1S/C24H24BrF3N4O5S.C24H24ClF3N4O5S/c2*1-2-36-24(35)19-17(10-32-8-15(27)21(16(28)9-32)37-11-18(33)34)30-22(23-29-5-6-38-23)31-20(19)13-4-3-12(26)7-14(13)25/h2*3-7,15-16,20-21H,2,8-11H2,1H3,(H,30,31)(H,33,34). The minimum atomic E-state index is -1.82. The lowest BCUT2D eigenvalue weighted by Crippen LogP contribution is -2.54. The average Bonchev–Trinajstić information content (AvgIpc) is 4.11. The van der Waals surface area contributed by atoms with Crippen LogP contribution in [0.25, 0.3) is 0 Å². The fourth-order valence-corrected chi connectivity index (χ4v) is 10.6. The molecule has 0 spiro atoms. The number of carboxylic acids is 2. The second-order valence-electron chi connectivity index (χ2n) is 17.0. The molecule has 2 aromatic heterocycles. The maximum Gasteiger partial charge on any atom is 0.338 e. The van der Waals surface area contributed by atoms with Crippen LogP contribution in [0.5, 0.6) is 0 Å². The van der Waals surface area contributed by atoms with E-state index >= 15 is 0 Å². The van der Waals surface area contributed by atoms with E-state index in [1.807, 2.05) is 0 Å². The van der Waals surface area contributed by atoms with E-state index in [0.717, 1.165) is 6.07 Å². The summed E-state index contributed by atoms with van der Waals surface area (Å²) in [6, 6.07) is 5.74. The molecule has 4 aromatic rings. The van der Waals surface area contributed by atoms with Crippen LogP contribution in [0.2, 0.25) is 5.02 Å². The molecule has 0 radical (unpaired) electrons. The number of hydrogen-bond acceptors (Lipinski definition) is 18. The lowest BCUT2D eigenvalue weighted by Gasteiger charge is -2.38. The Labute approximate surface area is 451 Å². The second-order valence-corrected chi connectivity index (χ2v) is 20.1. The number of thiazole rings is 2. The van der Waals surface area contributed by atoms with Gasteiger partial charge < -0.3 is 39.8 Å². The molecule has 28 heteroatoms. The fourth-order valence-electron chi connectivity index (χ4n) is 8.60. The van der Waals surface area contributed by atoms with Crippen molar-refractivity contribution in [3.8, 4) is 0 Å². The van der Waals surface area contributed by atoms with Crippen molar-refractivity contribution in [1.82, 2.24) is 30.4 Å². The largest absolute Gasteiger partial charge is 0.480 e. The van der Waals surface area contributed by atoms with Crippen LogP contribution in [-0.2, 0) is 38.1 Å². The number of esters is 2. The SMILES string of the molecule is CCOC(=O)C1=C(CN2CC(F)C(OCC(=O)O)C(F)C2)NC(c2nccs2)=NC1c1ccc(F)cc1Br.CCOC(=O)C1=C(CN2CC(F)C(OCC(=O)O)C(F)C2)NC(c2nccs2)=NC1c1ccc(F)cc1Cl. The van der Waals surface area contributed by atoms with Crippen LogP contribution >= 0.6 is 50.2 Å². The van der Waals surface area contributed by atoms with Gasteiger partial charge in [0.25, 0.3) is 0 Å². The summed E-state index contributed by atoms with van der Waals surface area (Å²) in [5.41, 5.74) is 1.53. The van der Waals surface area contributed by atoms with E-state index in [1.54, 1.807) is 37.0 Å². The van der Waals surface area contributed by atoms with E-state index in [2.05, 4.69) is 41.5 Å². The predicted molar refractivity (Wildman–Crippen MR) is 269 cm³/mol. The van der Waals surface area contributed by atoms with Gasteiger partial charge in [-0.05, 0) is 43.7 Å². The molecule has 0 saturated carbocycles. The molecule has 6 unspecified atom stereocenters. The third-order valence-corrected chi connectivity index (χ3v) is 14.3. The number of aromatic nitrogens is 2. The summed E-state index contributed by atoms with van der Waals surface area (Å²) < 4.78 is 108. The number of carboxylic acid groups (broad SMARTS) is 2. The monoisotopic (exact) mass is 1190 g/mol. The zero-order valence-electron chi connectivity index (χ0n) is 40.1. The van der Waals surface area contributed by atoms with Gasteiger partial charge in [-0.15, -0.1) is 22.7 Å². The molecule has 4 N–H and O–H groups in total. The summed E-state index contributed by atoms with van der Waals surface area (Å²) in [6.07, 6.45) is -7.14. The first-order valence-electron chi connectivity index (χ1n) is 23.2. The smallest absolute Gasteiger partial charge is 0.338 e. The molecule has 4 aliphatic rings. The van der Waals surface area contributed by atoms with Crippen molar-refractivity contribution in [3.05, 3.63) is 124 Å². The summed E-state index contributed by atoms with van der Waals surface area (Å²) in [5, 5.41) is 28.2. The Bertz CT molecular complexity index is 2660. The van der Waals surface area contributed by atoms with Crippen LogP contribution in [-0.4, -0.2) is 168 Å². The van der Waals surface area contributed by atoms with E-state index in [-0.39, 0.29) is 74.3 Å². The number of amidine groups is 2. The Hall–Kier alpha value is -5.81. The first-order valence-corrected chi connectivity index (χ1v) is 26.2. The minimum Gasteiger partial charge on any atom is -0.480 e. The van der Waals surface area contributed by atoms with Crippen LogP contribution < -0.4 is 10.6 Å². The Morgan fingerprint density at radius 1 is 0.684 bits per heavy atom. The maximum absolute atomic E-state index is 14.9. The number of ether oxygens (including phenoxy) is 4. The lowest BCUT2D eigenvalue weighted by atomic mass is 9.94. The molecule has 0 amide bonds. The van der Waals surface area contributed by atoms with Gasteiger partial charge in [0.05, 0.1) is 24.4 Å². The number of piperidine rings is 2. The number of hydrogen-bond donors (Lipinski definition) is 4. The molecule has 2 fully saturated rings. The number of nitrogens with one attached hydrogen (secondary N) is 2. The minimum absolute atomic E-state index is 0.0318. The first kappa shape index (κ1) is 57.9. The molecule has 6 atom stereocenters. The van der Waals surface area contributed by atoms with E-state index in [1.165, 1.54) is 62.8 Å². The zero-order valence-corrected chi connectivity index (χ0v) is 44.1. The van der Waals surface area contributed by atoms with Gasteiger partial charge in [0, 0.05) is 88.9 Å². The lowest BCUT2D eigenvalue weighted by molar-refractivity contribution is -0.152. The van der Waals surface area contributed by atoms with Gasteiger partial charge in [-0.25, -0.2) is 55.5 Å². The molecular formula is C48H48BrClF6N8O10S2. The van der Waals surface area contributed by atoms with Crippen LogP contribution in [0.3, 0.4) is 0 Å². The van der Waals surface area contributed by atoms with Crippen molar-refractivity contribution < 1.29 is 74.7 Å². The molecule has 0 bridgehead atoms. The number of carbonyl (C=O) groups excluding carboxylic acids is 2. The molecule has 76 heavy (non-hydrogen) atoms. The van der Waals surface area contributed by atoms with Gasteiger partial charge in [0.15, 0.2) is 21.7 Å². The normalized spacial score (nSPS) is 24.1. The van der Waals surface area contributed by atoms with Crippen LogP contribution in [0.1, 0.15) is 47.1 Å². The Morgan fingerprint density at radius 2 is 1.09 bits per heavy atom. The van der Waals surface area contributed by atoms with Gasteiger partial charge >= 0.3 is 23.9 Å². The molecule has 4 aliphatic heterocycles. The molecular weight excluding hydrogens is 1140 g/mol. The zero-order chi connectivity index (χ0) is 54.8. The van der Waals surface area contributed by atoms with E-state index in [4.69, 9.17) is 45.8 Å². The van der Waals surface area contributed by atoms with Gasteiger partial charge in [-0.1, -0.05) is 39.7 Å². The number of nitrogens with zero attached hydrogens (tertiary/aromatic N) is 6. The van der Waals surface area contributed by atoms with Gasteiger partial charge in [0.2, 0.25) is 0 Å². The molecule has 2 saturated heterocycles. The second kappa shape index (κ2) is 26.5. The molecule has 0 aliphatic carbocycles. The van der Waals surface area contributed by atoms with Crippen molar-refractivity contribution in [2.45, 2.75) is 62.8 Å². The van der Waals surface area contributed by atoms with E-state index in [0.29, 0.717) is 43.0 Å². The van der Waals surface area contributed by atoms with E-state index < -0.39 is 97.7 Å². The molecule has 8 rings (SSSR count). The third-order valence-electron chi connectivity index (χ3n) is 11.7. The van der Waals surface area contributed by atoms with Crippen molar-refractivity contribution in [2.75, 3.05) is 65.7 Å². The first-order chi connectivity index (χ1) is 36.3. The topological polar surface area (TPSA) is 227 Å². The van der Waals surface area contributed by atoms with Crippen molar-refractivity contribution in [2.24, 2.45) is 9.98 Å². The summed E-state index contributed by atoms with van der Waals surface area (Å²) in [6.45, 7) is 0.478. The van der Waals surface area contributed by atoms with Crippen molar-refractivity contribution in [1.29, 1.82) is 0 Å². The summed E-state index contributed by atoms with van der Waals surface area (Å²) in [5.74, 6) is -4.51. The molecule has 2 aromatic carbocycles. The third kappa shape index (κ3) is 14.4. The van der Waals surface area contributed by atoms with Gasteiger partial charge in [-0.3, -0.25) is 19.8 Å². The van der Waals surface area contributed by atoms with E-state index in [9.17, 15) is 45.5 Å². The summed E-state index contributed by atoms with van der Waals surface area (Å²) in [4.78, 5) is 68.7. The molecule has 6 heterocycles. The highest BCUT2D eigenvalue weighted by atomic mass is 79.9. The van der Waals surface area contributed by atoms with Crippen molar-refractivity contribution >= 4 is 85.8 Å².